The highest BCUT2D eigenvalue weighted by molar-refractivity contribution is 7.92. The van der Waals surface area contributed by atoms with E-state index >= 15 is 0 Å². The van der Waals surface area contributed by atoms with Crippen LogP contribution in [0.15, 0.2) is 29.3 Å². The molecule has 0 aliphatic heterocycles. The fraction of sp³-hybridized carbons (Fsp3) is 0.182. The van der Waals surface area contributed by atoms with Gasteiger partial charge in [-0.05, 0) is 19.1 Å². The average molecular weight is 284 g/mol. The Balaban J connectivity index is 2.42. The van der Waals surface area contributed by atoms with E-state index in [0.717, 1.165) is 0 Å². The van der Waals surface area contributed by atoms with Crippen LogP contribution in [0.5, 0.6) is 0 Å². The number of sulfonamides is 1. The van der Waals surface area contributed by atoms with E-state index in [0.29, 0.717) is 0 Å². The Bertz CT molecular complexity index is 724. The zero-order chi connectivity index (χ0) is 14.2. The minimum absolute atomic E-state index is 0.107. The molecular weight excluding hydrogens is 271 g/mol. The Hall–Kier alpha value is -2.09. The lowest BCUT2D eigenvalue weighted by Crippen LogP contribution is -2.15. The number of nitrogens with two attached hydrogens (primary N) is 1. The molecule has 1 heterocycles. The fourth-order valence-electron chi connectivity index (χ4n) is 1.61. The summed E-state index contributed by atoms with van der Waals surface area (Å²) in [5.41, 5.74) is 5.91. The molecule has 0 aliphatic carbocycles. The number of aryl methyl sites for hydroxylation is 1. The van der Waals surface area contributed by atoms with Crippen molar-refractivity contribution >= 4 is 21.5 Å². The number of nitrogen functional groups attached to an aromatic ring is 1. The molecule has 0 amide bonds. The molecule has 3 N–H and O–H groups in total. The smallest absolute Gasteiger partial charge is 0.267 e. The monoisotopic (exact) mass is 284 g/mol. The standard InChI is InChI=1S/C11H13FN4O2S/c1-7-8(12)4-3-5-9(7)15-19(17,18)10-6-16(2)14-11(10)13/h3-6,15H,1-2H3,(H2,13,14). The molecule has 0 radical (unpaired) electrons. The molecule has 2 rings (SSSR count). The number of nitrogens with one attached hydrogen (secondary N) is 1. The molecule has 19 heavy (non-hydrogen) atoms. The second-order valence-corrected chi connectivity index (χ2v) is 5.72. The lowest BCUT2D eigenvalue weighted by Gasteiger charge is -2.09. The lowest BCUT2D eigenvalue weighted by atomic mass is 10.2. The van der Waals surface area contributed by atoms with Crippen LogP contribution >= 0.6 is 0 Å². The van der Waals surface area contributed by atoms with Crippen molar-refractivity contribution < 1.29 is 12.8 Å². The van der Waals surface area contributed by atoms with Crippen LogP contribution in [0.3, 0.4) is 0 Å². The van der Waals surface area contributed by atoms with E-state index in [1.165, 1.54) is 36.0 Å². The highest BCUT2D eigenvalue weighted by Crippen LogP contribution is 2.23. The first-order valence-electron chi connectivity index (χ1n) is 5.38. The quantitative estimate of drug-likeness (QED) is 0.887. The largest absolute Gasteiger partial charge is 0.381 e. The average Bonchev–Trinajstić information content (AvgIpc) is 2.65. The van der Waals surface area contributed by atoms with Crippen LogP contribution in [-0.2, 0) is 17.1 Å². The number of hydrogen-bond donors (Lipinski definition) is 2. The van der Waals surface area contributed by atoms with E-state index in [1.807, 2.05) is 0 Å². The maximum absolute atomic E-state index is 13.4. The maximum Gasteiger partial charge on any atom is 0.267 e. The highest BCUT2D eigenvalue weighted by Gasteiger charge is 2.21. The van der Waals surface area contributed by atoms with E-state index in [2.05, 4.69) is 9.82 Å². The summed E-state index contributed by atoms with van der Waals surface area (Å²) in [5.74, 6) is -0.594. The molecule has 0 fully saturated rings. The van der Waals surface area contributed by atoms with Gasteiger partial charge in [0.1, 0.15) is 10.7 Å². The maximum atomic E-state index is 13.4. The zero-order valence-corrected chi connectivity index (χ0v) is 11.2. The summed E-state index contributed by atoms with van der Waals surface area (Å²) in [6.45, 7) is 1.49. The Labute approximate surface area is 110 Å². The van der Waals surface area contributed by atoms with Crippen molar-refractivity contribution in [3.8, 4) is 0 Å². The van der Waals surface area contributed by atoms with Crippen LogP contribution in [0.1, 0.15) is 5.56 Å². The summed E-state index contributed by atoms with van der Waals surface area (Å²) in [4.78, 5) is -0.140. The third-order valence-corrected chi connectivity index (χ3v) is 4.01. The molecule has 0 unspecified atom stereocenters. The zero-order valence-electron chi connectivity index (χ0n) is 10.4. The van der Waals surface area contributed by atoms with Crippen LogP contribution in [0.4, 0.5) is 15.9 Å². The normalized spacial score (nSPS) is 11.5. The first kappa shape index (κ1) is 13.3. The molecule has 2 aromatic rings. The van der Waals surface area contributed by atoms with Gasteiger partial charge in [0.2, 0.25) is 0 Å². The summed E-state index contributed by atoms with van der Waals surface area (Å²) in [7, 11) is -2.33. The van der Waals surface area contributed by atoms with Crippen LogP contribution in [-0.4, -0.2) is 18.2 Å². The van der Waals surface area contributed by atoms with Crippen molar-refractivity contribution in [1.82, 2.24) is 9.78 Å². The summed E-state index contributed by atoms with van der Waals surface area (Å²) in [6.07, 6.45) is 1.28. The van der Waals surface area contributed by atoms with Crippen LogP contribution in [0.2, 0.25) is 0 Å². The van der Waals surface area contributed by atoms with Gasteiger partial charge >= 0.3 is 0 Å². The molecule has 8 heteroatoms. The SMILES string of the molecule is Cc1c(F)cccc1NS(=O)(=O)c1cn(C)nc1N. The Morgan fingerprint density at radius 3 is 2.68 bits per heavy atom. The van der Waals surface area contributed by atoms with E-state index in [1.54, 1.807) is 7.05 Å². The number of benzene rings is 1. The van der Waals surface area contributed by atoms with Gasteiger partial charge in [-0.25, -0.2) is 12.8 Å². The van der Waals surface area contributed by atoms with Crippen molar-refractivity contribution in [2.75, 3.05) is 10.5 Å². The van der Waals surface area contributed by atoms with Crippen molar-refractivity contribution in [2.24, 2.45) is 7.05 Å². The van der Waals surface area contributed by atoms with E-state index < -0.39 is 15.8 Å². The fourth-order valence-corrected chi connectivity index (χ4v) is 2.84. The minimum atomic E-state index is -3.89. The first-order valence-corrected chi connectivity index (χ1v) is 6.86. The molecule has 0 saturated heterocycles. The number of halogens is 1. The molecule has 0 saturated carbocycles. The molecule has 0 spiro atoms. The number of aromatic nitrogens is 2. The van der Waals surface area contributed by atoms with E-state index in [4.69, 9.17) is 5.73 Å². The second-order valence-electron chi connectivity index (χ2n) is 4.07. The summed E-state index contributed by atoms with van der Waals surface area (Å²) < 4.78 is 41.2. The molecule has 1 aromatic carbocycles. The predicted molar refractivity (Wildman–Crippen MR) is 69.6 cm³/mol. The highest BCUT2D eigenvalue weighted by atomic mass is 32.2. The van der Waals surface area contributed by atoms with Crippen molar-refractivity contribution in [3.63, 3.8) is 0 Å². The molecule has 1 aromatic heterocycles. The van der Waals surface area contributed by atoms with Gasteiger partial charge in [0.25, 0.3) is 10.0 Å². The topological polar surface area (TPSA) is 90.0 Å². The van der Waals surface area contributed by atoms with Gasteiger partial charge in [0, 0.05) is 18.8 Å². The van der Waals surface area contributed by atoms with Gasteiger partial charge < -0.3 is 5.73 Å². The molecule has 0 aliphatic rings. The van der Waals surface area contributed by atoms with E-state index in [9.17, 15) is 12.8 Å². The van der Waals surface area contributed by atoms with Crippen LogP contribution < -0.4 is 10.5 Å². The third-order valence-electron chi connectivity index (χ3n) is 2.62. The Kier molecular flexibility index (Phi) is 3.19. The summed E-state index contributed by atoms with van der Waals surface area (Å²) >= 11 is 0. The lowest BCUT2D eigenvalue weighted by molar-refractivity contribution is 0.601. The Morgan fingerprint density at radius 2 is 2.11 bits per heavy atom. The second kappa shape index (κ2) is 4.54. The summed E-state index contributed by atoms with van der Waals surface area (Å²) in [6, 6.07) is 4.15. The summed E-state index contributed by atoms with van der Waals surface area (Å²) in [5, 5.41) is 3.76. The van der Waals surface area contributed by atoms with Gasteiger partial charge in [0.05, 0.1) is 5.69 Å². The van der Waals surface area contributed by atoms with Crippen molar-refractivity contribution in [2.45, 2.75) is 11.8 Å². The molecule has 0 atom stereocenters. The van der Waals surface area contributed by atoms with Gasteiger partial charge in [0.15, 0.2) is 5.82 Å². The minimum Gasteiger partial charge on any atom is -0.381 e. The van der Waals surface area contributed by atoms with Gasteiger partial charge in [-0.2, -0.15) is 5.10 Å². The van der Waals surface area contributed by atoms with Crippen LogP contribution in [0.25, 0.3) is 0 Å². The number of hydrogen-bond acceptors (Lipinski definition) is 4. The number of anilines is 2. The molecule has 102 valence electrons. The molecular formula is C11H13FN4O2S. The van der Waals surface area contributed by atoms with Crippen molar-refractivity contribution in [1.29, 1.82) is 0 Å². The van der Waals surface area contributed by atoms with Crippen LogP contribution in [0, 0.1) is 12.7 Å². The van der Waals surface area contributed by atoms with Crippen molar-refractivity contribution in [3.05, 3.63) is 35.8 Å². The Morgan fingerprint density at radius 1 is 1.42 bits per heavy atom. The molecule has 0 bridgehead atoms. The number of nitrogens with zero attached hydrogens (tertiary/aromatic N) is 2. The van der Waals surface area contributed by atoms with Gasteiger partial charge in [-0.15, -0.1) is 0 Å². The first-order chi connectivity index (χ1) is 8.81. The number of rotatable bonds is 3. The third kappa shape index (κ3) is 2.53. The molecule has 6 nitrogen and oxygen atoms in total. The predicted octanol–water partition coefficient (Wildman–Crippen LogP) is 1.25. The van der Waals surface area contributed by atoms with E-state index in [-0.39, 0.29) is 22.0 Å². The van der Waals surface area contributed by atoms with Gasteiger partial charge in [-0.3, -0.25) is 9.40 Å². The van der Waals surface area contributed by atoms with Gasteiger partial charge in [-0.1, -0.05) is 6.07 Å².